The zero-order valence-electron chi connectivity index (χ0n) is 14.8. The molecule has 0 atom stereocenters. The van der Waals surface area contributed by atoms with Crippen molar-refractivity contribution < 1.29 is 18.0 Å². The summed E-state index contributed by atoms with van der Waals surface area (Å²) in [5.74, 6) is -0.473. The number of nitrogens with one attached hydrogen (secondary N) is 2. The van der Waals surface area contributed by atoms with Gasteiger partial charge in [-0.25, -0.2) is 0 Å². The molecule has 0 aliphatic carbocycles. The third-order valence-corrected chi connectivity index (χ3v) is 4.18. The third kappa shape index (κ3) is 4.26. The highest BCUT2D eigenvalue weighted by Crippen LogP contribution is 2.44. The highest BCUT2D eigenvalue weighted by atomic mass is 19.4. The molecule has 8 heteroatoms. The van der Waals surface area contributed by atoms with Gasteiger partial charge in [-0.1, -0.05) is 18.2 Å². The fourth-order valence-corrected chi connectivity index (χ4v) is 2.92. The lowest BCUT2D eigenvalue weighted by molar-refractivity contribution is -0.137. The predicted octanol–water partition coefficient (Wildman–Crippen LogP) is 4.27. The fraction of sp³-hybridized carbons (Fsp3) is 0.200. The maximum absolute atomic E-state index is 13.3. The zero-order valence-corrected chi connectivity index (χ0v) is 14.8. The van der Waals surface area contributed by atoms with Gasteiger partial charge in [0.15, 0.2) is 0 Å². The summed E-state index contributed by atoms with van der Waals surface area (Å²) in [4.78, 5) is 13.7. The molecule has 0 aromatic heterocycles. The van der Waals surface area contributed by atoms with Crippen LogP contribution in [0.15, 0.2) is 48.5 Å². The molecule has 0 radical (unpaired) electrons. The molecular weight excluding hydrogens is 369 g/mol. The van der Waals surface area contributed by atoms with Crippen molar-refractivity contribution in [1.29, 1.82) is 5.26 Å². The molecule has 3 rings (SSSR count). The van der Waals surface area contributed by atoms with Crippen molar-refractivity contribution in [3.05, 3.63) is 59.7 Å². The molecule has 1 amide bonds. The summed E-state index contributed by atoms with van der Waals surface area (Å²) in [7, 11) is 0. The number of rotatable bonds is 5. The molecule has 144 valence electrons. The minimum atomic E-state index is -4.51. The van der Waals surface area contributed by atoms with E-state index in [4.69, 9.17) is 5.26 Å². The van der Waals surface area contributed by atoms with Crippen molar-refractivity contribution in [3.63, 3.8) is 0 Å². The van der Waals surface area contributed by atoms with Gasteiger partial charge in [0.2, 0.25) is 5.91 Å². The average Bonchev–Trinajstić information content (AvgIpc) is 3.10. The number of halogens is 3. The van der Waals surface area contributed by atoms with Crippen LogP contribution < -0.4 is 15.5 Å². The van der Waals surface area contributed by atoms with Crippen LogP contribution in [0.25, 0.3) is 6.08 Å². The Morgan fingerprint density at radius 1 is 1.29 bits per heavy atom. The van der Waals surface area contributed by atoms with Gasteiger partial charge >= 0.3 is 6.18 Å². The second-order valence-electron chi connectivity index (χ2n) is 6.09. The first kappa shape index (κ1) is 19.3. The molecule has 2 N–H and O–H groups in total. The minimum Gasteiger partial charge on any atom is -0.366 e. The molecule has 28 heavy (non-hydrogen) atoms. The van der Waals surface area contributed by atoms with Gasteiger partial charge in [0.05, 0.1) is 36.1 Å². The van der Waals surface area contributed by atoms with Gasteiger partial charge in [-0.15, -0.1) is 0 Å². The summed E-state index contributed by atoms with van der Waals surface area (Å²) in [6, 6.07) is 13.3. The number of nitriles is 1. The van der Waals surface area contributed by atoms with Crippen molar-refractivity contribution in [2.75, 3.05) is 23.4 Å². The van der Waals surface area contributed by atoms with Crippen LogP contribution in [0.4, 0.5) is 30.2 Å². The number of para-hydroxylation sites is 1. The van der Waals surface area contributed by atoms with Gasteiger partial charge in [0.25, 0.3) is 0 Å². The molecule has 2 aromatic rings. The molecule has 1 aliphatic heterocycles. The van der Waals surface area contributed by atoms with Crippen molar-refractivity contribution in [1.82, 2.24) is 5.32 Å². The fourth-order valence-electron chi connectivity index (χ4n) is 2.92. The van der Waals surface area contributed by atoms with Crippen LogP contribution in [0, 0.1) is 11.3 Å². The smallest absolute Gasteiger partial charge is 0.366 e. The number of hydrogen-bond donors (Lipinski definition) is 2. The van der Waals surface area contributed by atoms with E-state index in [1.54, 1.807) is 0 Å². The number of carbonyl (C=O) groups excluding carboxylic acids is 1. The number of hydrogen-bond acceptors (Lipinski definition) is 4. The summed E-state index contributed by atoms with van der Waals surface area (Å²) in [6.45, 7) is 0.494. The summed E-state index contributed by atoms with van der Waals surface area (Å²) in [5.41, 5.74) is 1.22. The zero-order chi connectivity index (χ0) is 20.1. The Labute approximate surface area is 160 Å². The van der Waals surface area contributed by atoms with Crippen LogP contribution in [0.3, 0.4) is 0 Å². The van der Waals surface area contributed by atoms with Gasteiger partial charge in [-0.05, 0) is 30.3 Å². The number of alkyl halides is 3. The quantitative estimate of drug-likeness (QED) is 0.595. The third-order valence-electron chi connectivity index (χ3n) is 4.18. The summed E-state index contributed by atoms with van der Waals surface area (Å²) in [6.07, 6.45) is -1.81. The van der Waals surface area contributed by atoms with Gasteiger partial charge in [0, 0.05) is 23.9 Å². The number of nitrogens with zero attached hydrogens (tertiary/aromatic N) is 2. The molecule has 0 unspecified atom stereocenters. The standard InChI is InChI=1S/C20H17F3N4O/c21-20(22,23)15-11-14(7-8-18(28)25-10-4-9-24)19-17(12-15)26-13-27(19)16-5-2-1-3-6-16/h1-3,5-8,11-12,26H,4,10,13H2,(H,25,28). The second-order valence-corrected chi connectivity index (χ2v) is 6.09. The average molecular weight is 386 g/mol. The topological polar surface area (TPSA) is 68.2 Å². The molecule has 1 heterocycles. The maximum atomic E-state index is 13.3. The number of benzene rings is 2. The lowest BCUT2D eigenvalue weighted by atomic mass is 10.0. The van der Waals surface area contributed by atoms with Gasteiger partial charge in [0.1, 0.15) is 0 Å². The highest BCUT2D eigenvalue weighted by Gasteiger charge is 2.34. The van der Waals surface area contributed by atoms with Gasteiger partial charge in [-0.3, -0.25) is 4.79 Å². The lowest BCUT2D eigenvalue weighted by Gasteiger charge is -2.21. The molecule has 1 aliphatic rings. The molecule has 0 saturated carbocycles. The van der Waals surface area contributed by atoms with Crippen molar-refractivity contribution in [3.8, 4) is 6.07 Å². The van der Waals surface area contributed by atoms with E-state index < -0.39 is 17.6 Å². The Balaban J connectivity index is 1.98. The lowest BCUT2D eigenvalue weighted by Crippen LogP contribution is -2.21. The Bertz CT molecular complexity index is 933. The molecule has 0 bridgehead atoms. The van der Waals surface area contributed by atoms with Crippen molar-refractivity contribution in [2.45, 2.75) is 12.6 Å². The van der Waals surface area contributed by atoms with Crippen LogP contribution in [-0.2, 0) is 11.0 Å². The second kappa shape index (κ2) is 8.05. The maximum Gasteiger partial charge on any atom is 0.416 e. The van der Waals surface area contributed by atoms with Crippen LogP contribution in [0.5, 0.6) is 0 Å². The Morgan fingerprint density at radius 2 is 2.04 bits per heavy atom. The number of amides is 1. The van der Waals surface area contributed by atoms with E-state index in [0.29, 0.717) is 18.0 Å². The van der Waals surface area contributed by atoms with Gasteiger partial charge < -0.3 is 15.5 Å². The minimum absolute atomic E-state index is 0.157. The first-order valence-electron chi connectivity index (χ1n) is 8.54. The van der Waals surface area contributed by atoms with Crippen molar-refractivity contribution >= 4 is 29.0 Å². The van der Waals surface area contributed by atoms with Gasteiger partial charge in [-0.2, -0.15) is 18.4 Å². The predicted molar refractivity (Wildman–Crippen MR) is 101 cm³/mol. The summed E-state index contributed by atoms with van der Waals surface area (Å²) < 4.78 is 39.9. The van der Waals surface area contributed by atoms with Crippen molar-refractivity contribution in [2.24, 2.45) is 0 Å². The van der Waals surface area contributed by atoms with E-state index in [9.17, 15) is 18.0 Å². The monoisotopic (exact) mass is 386 g/mol. The molecule has 0 fully saturated rings. The number of fused-ring (bicyclic) bond motifs is 1. The van der Waals surface area contributed by atoms with Crippen LogP contribution in [0.2, 0.25) is 0 Å². The summed E-state index contributed by atoms with van der Waals surface area (Å²) >= 11 is 0. The van der Waals surface area contributed by atoms with E-state index in [1.807, 2.05) is 41.3 Å². The van der Waals surface area contributed by atoms with E-state index in [0.717, 1.165) is 17.8 Å². The van der Waals surface area contributed by atoms with E-state index in [-0.39, 0.29) is 18.5 Å². The first-order valence-corrected chi connectivity index (χ1v) is 8.54. The molecule has 5 nitrogen and oxygen atoms in total. The number of anilines is 3. The Morgan fingerprint density at radius 3 is 2.71 bits per heavy atom. The summed E-state index contributed by atoms with van der Waals surface area (Å²) in [5, 5.41) is 14.0. The number of carbonyl (C=O) groups is 1. The van der Waals surface area contributed by atoms with Crippen LogP contribution in [0.1, 0.15) is 17.5 Å². The SMILES string of the molecule is N#CCCNC(=O)C=Cc1cc(C(F)(F)F)cc2c1N(c1ccccc1)CN2. The Kier molecular flexibility index (Phi) is 5.54. The van der Waals surface area contributed by atoms with Crippen LogP contribution in [-0.4, -0.2) is 19.1 Å². The molecule has 0 saturated heterocycles. The van der Waals surface area contributed by atoms with E-state index >= 15 is 0 Å². The normalized spacial score (nSPS) is 13.1. The first-order chi connectivity index (χ1) is 13.4. The highest BCUT2D eigenvalue weighted by molar-refractivity contribution is 5.95. The Hall–Kier alpha value is -3.47. The molecule has 2 aromatic carbocycles. The molecule has 0 spiro atoms. The van der Waals surface area contributed by atoms with E-state index in [2.05, 4.69) is 10.6 Å². The van der Waals surface area contributed by atoms with Crippen LogP contribution >= 0.6 is 0 Å². The van der Waals surface area contributed by atoms with E-state index in [1.165, 1.54) is 12.2 Å². The molecular formula is C20H17F3N4O. The largest absolute Gasteiger partial charge is 0.416 e.